The first-order valence-electron chi connectivity index (χ1n) is 7.90. The lowest BCUT2D eigenvalue weighted by Crippen LogP contribution is -2.24. The molecule has 4 heteroatoms. The average Bonchev–Trinajstić information content (AvgIpc) is 2.43. The van der Waals surface area contributed by atoms with E-state index in [-0.39, 0.29) is 0 Å². The summed E-state index contributed by atoms with van der Waals surface area (Å²) in [5.41, 5.74) is 5.86. The number of hydrogen-bond donors (Lipinski definition) is 1. The van der Waals surface area contributed by atoms with Crippen molar-refractivity contribution in [1.29, 1.82) is 0 Å². The molecule has 22 heavy (non-hydrogen) atoms. The van der Waals surface area contributed by atoms with Crippen LogP contribution in [0.3, 0.4) is 0 Å². The van der Waals surface area contributed by atoms with Gasteiger partial charge in [0.2, 0.25) is 5.95 Å². The molecule has 0 unspecified atom stereocenters. The Morgan fingerprint density at radius 3 is 2.05 bits per heavy atom. The topological polar surface area (TPSA) is 41.1 Å². The van der Waals surface area contributed by atoms with Crippen molar-refractivity contribution in [2.75, 3.05) is 23.3 Å². The molecule has 1 aromatic heterocycles. The highest BCUT2D eigenvalue weighted by Crippen LogP contribution is 2.26. The van der Waals surface area contributed by atoms with Gasteiger partial charge in [-0.3, -0.25) is 0 Å². The summed E-state index contributed by atoms with van der Waals surface area (Å²) >= 11 is 0. The molecule has 0 atom stereocenters. The van der Waals surface area contributed by atoms with Crippen molar-refractivity contribution in [2.45, 2.75) is 41.5 Å². The molecule has 1 N–H and O–H groups in total. The van der Waals surface area contributed by atoms with E-state index in [9.17, 15) is 0 Å². The molecule has 2 aromatic rings. The number of hydrogen-bond acceptors (Lipinski definition) is 4. The second-order valence-corrected chi connectivity index (χ2v) is 5.77. The summed E-state index contributed by atoms with van der Waals surface area (Å²) in [6, 6.07) is 6.37. The average molecular weight is 298 g/mol. The molecule has 118 valence electrons. The molecular formula is C18H26N4. The molecule has 0 radical (unpaired) electrons. The Morgan fingerprint density at radius 1 is 0.909 bits per heavy atom. The van der Waals surface area contributed by atoms with Crippen molar-refractivity contribution < 1.29 is 0 Å². The largest absolute Gasteiger partial charge is 0.341 e. The van der Waals surface area contributed by atoms with E-state index in [2.05, 4.69) is 66.9 Å². The third-order valence-corrected chi connectivity index (χ3v) is 3.82. The molecule has 2 rings (SSSR count). The Kier molecular flexibility index (Phi) is 5.01. The highest BCUT2D eigenvalue weighted by atomic mass is 15.3. The Bertz CT molecular complexity index is 637. The fraction of sp³-hybridized carbons (Fsp3) is 0.444. The SMILES string of the molecule is CCN(CC)c1nc(C)cc(Nc2c(C)cc(C)cc2C)n1. The minimum Gasteiger partial charge on any atom is -0.341 e. The fourth-order valence-electron chi connectivity index (χ4n) is 2.77. The minimum absolute atomic E-state index is 0.787. The molecule has 0 bridgehead atoms. The third-order valence-electron chi connectivity index (χ3n) is 3.82. The van der Waals surface area contributed by atoms with Crippen LogP contribution in [0.4, 0.5) is 17.5 Å². The van der Waals surface area contributed by atoms with Gasteiger partial charge in [-0.25, -0.2) is 4.98 Å². The molecule has 0 amide bonds. The zero-order valence-corrected chi connectivity index (χ0v) is 14.5. The summed E-state index contributed by atoms with van der Waals surface area (Å²) in [7, 11) is 0. The Morgan fingerprint density at radius 2 is 1.50 bits per heavy atom. The molecule has 4 nitrogen and oxygen atoms in total. The molecule has 0 aliphatic carbocycles. The number of aryl methyl sites for hydroxylation is 4. The lowest BCUT2D eigenvalue weighted by molar-refractivity contribution is 0.817. The van der Waals surface area contributed by atoms with Crippen molar-refractivity contribution in [3.05, 3.63) is 40.6 Å². The number of nitrogens with zero attached hydrogens (tertiary/aromatic N) is 3. The Balaban J connectivity index is 2.38. The van der Waals surface area contributed by atoms with Crippen LogP contribution in [0, 0.1) is 27.7 Å². The molecule has 0 aliphatic rings. The predicted octanol–water partition coefficient (Wildman–Crippen LogP) is 4.30. The standard InChI is InChI=1S/C18H26N4/c1-7-22(8-2)18-19-15(6)11-16(21-18)20-17-13(4)9-12(3)10-14(17)5/h9-11H,7-8H2,1-6H3,(H,19,20,21). The van der Waals surface area contributed by atoms with Gasteiger partial charge in [0, 0.05) is 30.5 Å². The number of aromatic nitrogens is 2. The van der Waals surface area contributed by atoms with E-state index in [0.717, 1.165) is 36.2 Å². The summed E-state index contributed by atoms with van der Waals surface area (Å²) in [5, 5.41) is 3.47. The number of anilines is 3. The van der Waals surface area contributed by atoms with Gasteiger partial charge in [-0.15, -0.1) is 0 Å². The van der Waals surface area contributed by atoms with Crippen LogP contribution in [0.1, 0.15) is 36.2 Å². The van der Waals surface area contributed by atoms with Gasteiger partial charge in [-0.2, -0.15) is 4.98 Å². The van der Waals surface area contributed by atoms with Crippen molar-refractivity contribution in [1.82, 2.24) is 9.97 Å². The van der Waals surface area contributed by atoms with Gasteiger partial charge in [0.15, 0.2) is 0 Å². The molecule has 0 saturated carbocycles. The monoisotopic (exact) mass is 298 g/mol. The summed E-state index contributed by atoms with van der Waals surface area (Å²) < 4.78 is 0. The highest BCUT2D eigenvalue weighted by Gasteiger charge is 2.10. The summed E-state index contributed by atoms with van der Waals surface area (Å²) in [6.45, 7) is 14.4. The van der Waals surface area contributed by atoms with Gasteiger partial charge >= 0.3 is 0 Å². The van der Waals surface area contributed by atoms with Crippen molar-refractivity contribution in [3.8, 4) is 0 Å². The van der Waals surface area contributed by atoms with E-state index in [1.165, 1.54) is 16.7 Å². The first-order chi connectivity index (χ1) is 10.4. The summed E-state index contributed by atoms with van der Waals surface area (Å²) in [4.78, 5) is 11.4. The van der Waals surface area contributed by atoms with E-state index < -0.39 is 0 Å². The maximum Gasteiger partial charge on any atom is 0.227 e. The second-order valence-electron chi connectivity index (χ2n) is 5.77. The lowest BCUT2D eigenvalue weighted by Gasteiger charge is -2.20. The Labute approximate surface area is 133 Å². The van der Waals surface area contributed by atoms with Gasteiger partial charge in [0.25, 0.3) is 0 Å². The van der Waals surface area contributed by atoms with Crippen molar-refractivity contribution in [3.63, 3.8) is 0 Å². The lowest BCUT2D eigenvalue weighted by atomic mass is 10.1. The predicted molar refractivity (Wildman–Crippen MR) is 94.3 cm³/mol. The highest BCUT2D eigenvalue weighted by molar-refractivity contribution is 5.66. The van der Waals surface area contributed by atoms with Crippen LogP contribution in [-0.2, 0) is 0 Å². The van der Waals surface area contributed by atoms with E-state index in [0.29, 0.717) is 0 Å². The second kappa shape index (κ2) is 6.77. The van der Waals surface area contributed by atoms with Crippen LogP contribution >= 0.6 is 0 Å². The van der Waals surface area contributed by atoms with Crippen LogP contribution < -0.4 is 10.2 Å². The van der Waals surface area contributed by atoms with E-state index in [1.54, 1.807) is 0 Å². The normalized spacial score (nSPS) is 10.6. The number of benzene rings is 1. The molecule has 0 saturated heterocycles. The van der Waals surface area contributed by atoms with E-state index >= 15 is 0 Å². The van der Waals surface area contributed by atoms with Crippen LogP contribution in [0.2, 0.25) is 0 Å². The van der Waals surface area contributed by atoms with Gasteiger partial charge in [0.05, 0.1) is 0 Å². The van der Waals surface area contributed by atoms with Gasteiger partial charge < -0.3 is 10.2 Å². The van der Waals surface area contributed by atoms with Crippen LogP contribution in [-0.4, -0.2) is 23.1 Å². The van der Waals surface area contributed by atoms with E-state index in [1.807, 2.05) is 13.0 Å². The maximum atomic E-state index is 4.68. The van der Waals surface area contributed by atoms with Crippen molar-refractivity contribution >= 4 is 17.5 Å². The zero-order valence-electron chi connectivity index (χ0n) is 14.5. The van der Waals surface area contributed by atoms with Crippen LogP contribution in [0.15, 0.2) is 18.2 Å². The van der Waals surface area contributed by atoms with Gasteiger partial charge in [0.1, 0.15) is 5.82 Å². The molecule has 1 heterocycles. The third kappa shape index (κ3) is 3.56. The van der Waals surface area contributed by atoms with Gasteiger partial charge in [-0.1, -0.05) is 17.7 Å². The smallest absolute Gasteiger partial charge is 0.227 e. The maximum absolute atomic E-state index is 4.68. The zero-order chi connectivity index (χ0) is 16.3. The van der Waals surface area contributed by atoms with Crippen LogP contribution in [0.25, 0.3) is 0 Å². The van der Waals surface area contributed by atoms with Gasteiger partial charge in [-0.05, 0) is 52.7 Å². The molecular weight excluding hydrogens is 272 g/mol. The van der Waals surface area contributed by atoms with E-state index in [4.69, 9.17) is 0 Å². The molecule has 0 spiro atoms. The summed E-state index contributed by atoms with van der Waals surface area (Å²) in [5.74, 6) is 1.64. The molecule has 0 aliphatic heterocycles. The van der Waals surface area contributed by atoms with Crippen LogP contribution in [0.5, 0.6) is 0 Å². The quantitative estimate of drug-likeness (QED) is 0.893. The Hall–Kier alpha value is -2.10. The number of rotatable bonds is 5. The fourth-order valence-corrected chi connectivity index (χ4v) is 2.77. The molecule has 0 fully saturated rings. The first-order valence-corrected chi connectivity index (χ1v) is 7.90. The minimum atomic E-state index is 0.787. The molecule has 1 aromatic carbocycles. The van der Waals surface area contributed by atoms with Crippen molar-refractivity contribution in [2.24, 2.45) is 0 Å². The number of nitrogens with one attached hydrogen (secondary N) is 1. The summed E-state index contributed by atoms with van der Waals surface area (Å²) in [6.07, 6.45) is 0. The first kappa shape index (κ1) is 16.3.